The average Bonchev–Trinajstić information content (AvgIpc) is 3.24. The van der Waals surface area contributed by atoms with Crippen LogP contribution in [0.5, 0.6) is 0 Å². The van der Waals surface area contributed by atoms with Gasteiger partial charge in [0.25, 0.3) is 0 Å². The molecule has 6 heteroatoms. The summed E-state index contributed by atoms with van der Waals surface area (Å²) < 4.78 is 5.92. The fraction of sp³-hybridized carbons (Fsp3) is 0.852. The Balaban J connectivity index is 4.51. The van der Waals surface area contributed by atoms with E-state index in [-0.39, 0.29) is 24.9 Å². The van der Waals surface area contributed by atoms with Crippen LogP contribution in [0.3, 0.4) is 0 Å². The average molecular weight is 844 g/mol. The van der Waals surface area contributed by atoms with Gasteiger partial charge in [0, 0.05) is 6.42 Å². The third-order valence-corrected chi connectivity index (χ3v) is 12.0. The van der Waals surface area contributed by atoms with E-state index >= 15 is 0 Å². The molecule has 0 saturated heterocycles. The maximum Gasteiger partial charge on any atom is 0.306 e. The zero-order valence-electron chi connectivity index (χ0n) is 40.1. The number of esters is 1. The second-order valence-electron chi connectivity index (χ2n) is 18.0. The molecule has 3 atom stereocenters. The Labute approximate surface area is 373 Å². The molecule has 60 heavy (non-hydrogen) atoms. The molecule has 0 saturated carbocycles. The van der Waals surface area contributed by atoms with Gasteiger partial charge in [-0.05, 0) is 44.9 Å². The third-order valence-electron chi connectivity index (χ3n) is 12.0. The summed E-state index contributed by atoms with van der Waals surface area (Å²) in [4.78, 5) is 26.1. The van der Waals surface area contributed by atoms with Crippen molar-refractivity contribution in [3.8, 4) is 0 Å². The number of hydrogen-bond acceptors (Lipinski definition) is 5. The number of allylic oxidation sites excluding steroid dienone is 6. The van der Waals surface area contributed by atoms with E-state index in [1.165, 1.54) is 154 Å². The molecule has 0 aromatic heterocycles. The molecule has 1 amide bonds. The first-order valence-corrected chi connectivity index (χ1v) is 26.2. The number of carbonyl (C=O) groups excluding carboxylic acids is 2. The lowest BCUT2D eigenvalue weighted by Gasteiger charge is -2.24. The van der Waals surface area contributed by atoms with Crippen LogP contribution >= 0.6 is 0 Å². The molecule has 3 N–H and O–H groups in total. The lowest BCUT2D eigenvalue weighted by molar-refractivity contribution is -0.151. The van der Waals surface area contributed by atoms with Gasteiger partial charge in [0.1, 0.15) is 6.10 Å². The Kier molecular flexibility index (Phi) is 46.6. The van der Waals surface area contributed by atoms with Crippen LogP contribution in [0.25, 0.3) is 0 Å². The SMILES string of the molecule is CC/C=C/C=C/C=C\CCCCCCCC(=O)OC(CCCCCCCCCCCCCC)CC(=O)NC(CO)C(O)CCCCCCCCCCCCCCCCCC. The van der Waals surface area contributed by atoms with Gasteiger partial charge in [-0.15, -0.1) is 0 Å². The second kappa shape index (κ2) is 48.1. The molecule has 0 bridgehead atoms. The van der Waals surface area contributed by atoms with Crippen molar-refractivity contribution in [1.82, 2.24) is 5.32 Å². The van der Waals surface area contributed by atoms with Crippen LogP contribution in [0, 0.1) is 0 Å². The minimum absolute atomic E-state index is 0.0731. The van der Waals surface area contributed by atoms with Crippen molar-refractivity contribution in [1.29, 1.82) is 0 Å². The van der Waals surface area contributed by atoms with Crippen molar-refractivity contribution in [2.24, 2.45) is 0 Å². The van der Waals surface area contributed by atoms with E-state index in [1.807, 2.05) is 0 Å². The quantitative estimate of drug-likeness (QED) is 0.0322. The molecule has 352 valence electrons. The number of rotatable bonds is 47. The van der Waals surface area contributed by atoms with Gasteiger partial charge in [0.2, 0.25) is 5.91 Å². The van der Waals surface area contributed by atoms with E-state index < -0.39 is 18.2 Å². The topological polar surface area (TPSA) is 95.9 Å². The first-order chi connectivity index (χ1) is 29.5. The van der Waals surface area contributed by atoms with Gasteiger partial charge in [-0.2, -0.15) is 0 Å². The molecule has 6 nitrogen and oxygen atoms in total. The van der Waals surface area contributed by atoms with Crippen LogP contribution in [0.15, 0.2) is 36.5 Å². The molecule has 0 aliphatic rings. The van der Waals surface area contributed by atoms with E-state index in [0.717, 1.165) is 70.6 Å². The Hall–Kier alpha value is -1.92. The molecule has 0 rings (SSSR count). The summed E-state index contributed by atoms with van der Waals surface area (Å²) in [6.07, 6.45) is 56.3. The van der Waals surface area contributed by atoms with Crippen LogP contribution in [-0.4, -0.2) is 46.9 Å². The number of nitrogens with one attached hydrogen (secondary N) is 1. The zero-order valence-corrected chi connectivity index (χ0v) is 40.1. The van der Waals surface area contributed by atoms with Gasteiger partial charge in [-0.3, -0.25) is 9.59 Å². The highest BCUT2D eigenvalue weighted by Gasteiger charge is 2.24. The molecule has 0 spiro atoms. The van der Waals surface area contributed by atoms with Gasteiger partial charge >= 0.3 is 5.97 Å². The fourth-order valence-corrected chi connectivity index (χ4v) is 8.08. The largest absolute Gasteiger partial charge is 0.462 e. The lowest BCUT2D eigenvalue weighted by atomic mass is 10.0. The maximum atomic E-state index is 13.2. The number of ether oxygens (including phenoxy) is 1. The second-order valence-corrected chi connectivity index (χ2v) is 18.0. The summed E-state index contributed by atoms with van der Waals surface area (Å²) in [7, 11) is 0. The Morgan fingerprint density at radius 1 is 0.500 bits per heavy atom. The van der Waals surface area contributed by atoms with Gasteiger partial charge in [0.05, 0.1) is 25.2 Å². The Morgan fingerprint density at radius 3 is 1.35 bits per heavy atom. The molecule has 0 fully saturated rings. The monoisotopic (exact) mass is 844 g/mol. The molecular formula is C54H101NO5. The number of amides is 1. The number of carbonyl (C=O) groups is 2. The predicted molar refractivity (Wildman–Crippen MR) is 259 cm³/mol. The third kappa shape index (κ3) is 42.8. The minimum Gasteiger partial charge on any atom is -0.462 e. The van der Waals surface area contributed by atoms with Crippen LogP contribution in [0.4, 0.5) is 0 Å². The highest BCUT2D eigenvalue weighted by Crippen LogP contribution is 2.18. The molecular weight excluding hydrogens is 743 g/mol. The molecule has 0 heterocycles. The molecule has 0 aliphatic carbocycles. The summed E-state index contributed by atoms with van der Waals surface area (Å²) >= 11 is 0. The van der Waals surface area contributed by atoms with Crippen molar-refractivity contribution in [2.75, 3.05) is 6.61 Å². The van der Waals surface area contributed by atoms with Crippen molar-refractivity contribution in [2.45, 2.75) is 289 Å². The molecule has 0 aromatic rings. The van der Waals surface area contributed by atoms with Crippen LogP contribution in [-0.2, 0) is 14.3 Å². The van der Waals surface area contributed by atoms with Crippen molar-refractivity contribution >= 4 is 11.9 Å². The van der Waals surface area contributed by atoms with Crippen LogP contribution < -0.4 is 5.32 Å². The van der Waals surface area contributed by atoms with Crippen molar-refractivity contribution in [3.63, 3.8) is 0 Å². The molecule has 3 unspecified atom stereocenters. The summed E-state index contributed by atoms with van der Waals surface area (Å²) in [6.45, 7) is 6.37. The predicted octanol–water partition coefficient (Wildman–Crippen LogP) is 15.7. The maximum absolute atomic E-state index is 13.2. The van der Waals surface area contributed by atoms with Gasteiger partial charge in [-0.1, -0.05) is 250 Å². The van der Waals surface area contributed by atoms with Crippen LogP contribution in [0.1, 0.15) is 271 Å². The first-order valence-electron chi connectivity index (χ1n) is 26.2. The fourth-order valence-electron chi connectivity index (χ4n) is 8.08. The molecule has 0 radical (unpaired) electrons. The standard InChI is InChI=1S/C54H101NO5/c1-4-7-10-13-16-19-22-25-26-27-29-31-34-37-40-43-46-52(57)51(49-56)55-53(58)48-50(45-42-39-36-33-30-24-21-18-15-12-9-6-3)60-54(59)47-44-41-38-35-32-28-23-20-17-14-11-8-5-2/h8,11,14,17,20,23,50-52,56-57H,4-7,9-10,12-13,15-16,18-19,21-22,24-49H2,1-3H3,(H,55,58)/b11-8+,17-14+,23-20-. The Morgan fingerprint density at radius 2 is 0.900 bits per heavy atom. The number of hydrogen-bond donors (Lipinski definition) is 3. The Bertz CT molecular complexity index is 993. The summed E-state index contributed by atoms with van der Waals surface area (Å²) in [5.41, 5.74) is 0. The van der Waals surface area contributed by atoms with E-state index in [0.29, 0.717) is 19.3 Å². The van der Waals surface area contributed by atoms with Crippen LogP contribution in [0.2, 0.25) is 0 Å². The summed E-state index contributed by atoms with van der Waals surface area (Å²) in [6, 6.07) is -0.702. The smallest absolute Gasteiger partial charge is 0.306 e. The molecule has 0 aromatic carbocycles. The van der Waals surface area contributed by atoms with E-state index in [2.05, 4.69) is 62.5 Å². The zero-order chi connectivity index (χ0) is 43.8. The van der Waals surface area contributed by atoms with Gasteiger partial charge in [-0.25, -0.2) is 0 Å². The van der Waals surface area contributed by atoms with Gasteiger partial charge < -0.3 is 20.3 Å². The summed E-state index contributed by atoms with van der Waals surface area (Å²) in [5, 5.41) is 23.8. The number of unbranched alkanes of at least 4 members (excludes halogenated alkanes) is 31. The van der Waals surface area contributed by atoms with E-state index in [9.17, 15) is 19.8 Å². The lowest BCUT2D eigenvalue weighted by Crippen LogP contribution is -2.46. The van der Waals surface area contributed by atoms with E-state index in [4.69, 9.17) is 4.74 Å². The normalized spacial score (nSPS) is 13.5. The molecule has 0 aliphatic heterocycles. The highest BCUT2D eigenvalue weighted by molar-refractivity contribution is 5.77. The highest BCUT2D eigenvalue weighted by atomic mass is 16.5. The van der Waals surface area contributed by atoms with Crippen molar-refractivity contribution in [3.05, 3.63) is 36.5 Å². The minimum atomic E-state index is -0.788. The first kappa shape index (κ1) is 58.1. The van der Waals surface area contributed by atoms with E-state index in [1.54, 1.807) is 0 Å². The summed E-state index contributed by atoms with van der Waals surface area (Å²) in [5.74, 6) is -0.486. The van der Waals surface area contributed by atoms with Gasteiger partial charge in [0.15, 0.2) is 0 Å². The number of aliphatic hydroxyl groups is 2. The van der Waals surface area contributed by atoms with Crippen molar-refractivity contribution < 1.29 is 24.5 Å². The number of aliphatic hydroxyl groups excluding tert-OH is 2.